The molecule has 0 radical (unpaired) electrons. The molecule has 0 amide bonds. The standard InChI is InChI=1S/C13H17N5O3S/c1-17-5-3-9(16-17)7-18-6-4-11-10(8-18)12(19)15-13(14-11)22(2,20)21/h3,5H,4,6-8H2,1-2H3,(H,14,15,19). The molecule has 1 aliphatic heterocycles. The Balaban J connectivity index is 1.86. The molecule has 9 heteroatoms. The summed E-state index contributed by atoms with van der Waals surface area (Å²) in [6.07, 6.45) is 3.46. The topological polar surface area (TPSA) is 101 Å². The van der Waals surface area contributed by atoms with Crippen molar-refractivity contribution in [2.24, 2.45) is 7.05 Å². The Morgan fingerprint density at radius 3 is 2.82 bits per heavy atom. The van der Waals surface area contributed by atoms with Gasteiger partial charge >= 0.3 is 0 Å². The van der Waals surface area contributed by atoms with Gasteiger partial charge in [-0.1, -0.05) is 0 Å². The first-order chi connectivity index (χ1) is 10.3. The lowest BCUT2D eigenvalue weighted by atomic mass is 10.1. The van der Waals surface area contributed by atoms with Gasteiger partial charge in [-0.15, -0.1) is 0 Å². The van der Waals surface area contributed by atoms with E-state index in [9.17, 15) is 13.2 Å². The molecule has 0 fully saturated rings. The number of aromatic amines is 1. The summed E-state index contributed by atoms with van der Waals surface area (Å²) < 4.78 is 24.8. The van der Waals surface area contributed by atoms with Gasteiger partial charge in [0.15, 0.2) is 0 Å². The second-order valence-corrected chi connectivity index (χ2v) is 7.44. The van der Waals surface area contributed by atoms with Gasteiger partial charge in [0.05, 0.1) is 17.0 Å². The Labute approximate surface area is 127 Å². The Morgan fingerprint density at radius 2 is 2.18 bits per heavy atom. The second-order valence-electron chi connectivity index (χ2n) is 5.51. The number of nitrogens with zero attached hydrogens (tertiary/aromatic N) is 4. The molecule has 0 saturated carbocycles. The molecule has 3 heterocycles. The maximum absolute atomic E-state index is 12.1. The van der Waals surface area contributed by atoms with Crippen LogP contribution >= 0.6 is 0 Å². The minimum Gasteiger partial charge on any atom is -0.297 e. The summed E-state index contributed by atoms with van der Waals surface area (Å²) in [5.74, 6) is 0. The number of nitrogens with one attached hydrogen (secondary N) is 1. The van der Waals surface area contributed by atoms with E-state index in [2.05, 4.69) is 20.0 Å². The lowest BCUT2D eigenvalue weighted by Gasteiger charge is -2.26. The molecule has 0 unspecified atom stereocenters. The summed E-state index contributed by atoms with van der Waals surface area (Å²) in [5.41, 5.74) is 1.66. The van der Waals surface area contributed by atoms with Crippen molar-refractivity contribution in [3.05, 3.63) is 39.6 Å². The number of sulfone groups is 1. The van der Waals surface area contributed by atoms with E-state index in [4.69, 9.17) is 0 Å². The molecule has 2 aromatic heterocycles. The molecule has 2 aromatic rings. The van der Waals surface area contributed by atoms with Crippen molar-refractivity contribution in [1.29, 1.82) is 0 Å². The monoisotopic (exact) mass is 323 g/mol. The molecule has 0 aliphatic carbocycles. The average Bonchev–Trinajstić information content (AvgIpc) is 2.83. The van der Waals surface area contributed by atoms with E-state index in [-0.39, 0.29) is 10.7 Å². The molecular weight excluding hydrogens is 306 g/mol. The SMILES string of the molecule is Cn1ccc(CN2CCc3nc(S(C)(=O)=O)[nH]c(=O)c3C2)n1. The maximum atomic E-state index is 12.1. The number of hydrogen-bond donors (Lipinski definition) is 1. The van der Waals surface area contributed by atoms with Gasteiger partial charge in [-0.05, 0) is 6.07 Å². The Morgan fingerprint density at radius 1 is 1.41 bits per heavy atom. The predicted molar refractivity (Wildman–Crippen MR) is 79.0 cm³/mol. The van der Waals surface area contributed by atoms with Gasteiger partial charge in [0.2, 0.25) is 15.0 Å². The summed E-state index contributed by atoms with van der Waals surface area (Å²) in [6.45, 7) is 1.80. The first kappa shape index (κ1) is 14.9. The lowest BCUT2D eigenvalue weighted by molar-refractivity contribution is 0.237. The second kappa shape index (κ2) is 5.33. The first-order valence-corrected chi connectivity index (χ1v) is 8.75. The zero-order valence-corrected chi connectivity index (χ0v) is 13.2. The van der Waals surface area contributed by atoms with E-state index in [1.165, 1.54) is 0 Å². The molecule has 118 valence electrons. The number of aryl methyl sites for hydroxylation is 1. The van der Waals surface area contributed by atoms with E-state index in [1.54, 1.807) is 4.68 Å². The van der Waals surface area contributed by atoms with Gasteiger partial charge < -0.3 is 0 Å². The highest BCUT2D eigenvalue weighted by Gasteiger charge is 2.23. The summed E-state index contributed by atoms with van der Waals surface area (Å²) >= 11 is 0. The number of aromatic nitrogens is 4. The fraction of sp³-hybridized carbons (Fsp3) is 0.462. The summed E-state index contributed by atoms with van der Waals surface area (Å²) in [5, 5.41) is 4.07. The molecule has 1 aliphatic rings. The number of rotatable bonds is 3. The van der Waals surface area contributed by atoms with Crippen LogP contribution in [0.3, 0.4) is 0 Å². The summed E-state index contributed by atoms with van der Waals surface area (Å²) in [7, 11) is -1.65. The Kier molecular flexibility index (Phi) is 3.61. The van der Waals surface area contributed by atoms with Crippen molar-refractivity contribution >= 4 is 9.84 Å². The normalized spacial score (nSPS) is 15.7. The third-order valence-electron chi connectivity index (χ3n) is 3.63. The highest BCUT2D eigenvalue weighted by Crippen LogP contribution is 2.16. The van der Waals surface area contributed by atoms with Crippen LogP contribution in [0.4, 0.5) is 0 Å². The molecule has 0 spiro atoms. The minimum absolute atomic E-state index is 0.255. The fourth-order valence-electron chi connectivity index (χ4n) is 2.55. The molecular formula is C13H17N5O3S. The van der Waals surface area contributed by atoms with E-state index < -0.39 is 9.84 Å². The van der Waals surface area contributed by atoms with Crippen LogP contribution < -0.4 is 5.56 Å². The van der Waals surface area contributed by atoms with Crippen molar-refractivity contribution in [2.75, 3.05) is 12.8 Å². The van der Waals surface area contributed by atoms with Crippen LogP contribution in [-0.4, -0.2) is 45.9 Å². The molecule has 0 atom stereocenters. The molecule has 1 N–H and O–H groups in total. The van der Waals surface area contributed by atoms with Crippen LogP contribution in [0.25, 0.3) is 0 Å². The number of fused-ring (bicyclic) bond motifs is 1. The zero-order chi connectivity index (χ0) is 15.9. The van der Waals surface area contributed by atoms with Crippen molar-refractivity contribution in [3.8, 4) is 0 Å². The Bertz CT molecular complexity index is 868. The summed E-state index contributed by atoms with van der Waals surface area (Å²) in [6, 6.07) is 1.94. The number of H-pyrrole nitrogens is 1. The predicted octanol–water partition coefficient (Wildman–Crippen LogP) is -0.535. The summed E-state index contributed by atoms with van der Waals surface area (Å²) in [4.78, 5) is 20.7. The van der Waals surface area contributed by atoms with Crippen LogP contribution in [0, 0.1) is 0 Å². The van der Waals surface area contributed by atoms with Crippen LogP contribution in [0.1, 0.15) is 17.0 Å². The smallest absolute Gasteiger partial charge is 0.256 e. The average molecular weight is 323 g/mol. The van der Waals surface area contributed by atoms with Crippen molar-refractivity contribution in [2.45, 2.75) is 24.7 Å². The van der Waals surface area contributed by atoms with Gasteiger partial charge in [0.25, 0.3) is 5.56 Å². The van der Waals surface area contributed by atoms with Crippen LogP contribution in [0.15, 0.2) is 22.2 Å². The van der Waals surface area contributed by atoms with Crippen LogP contribution in [-0.2, 0) is 36.4 Å². The molecule has 8 nitrogen and oxygen atoms in total. The molecule has 3 rings (SSSR count). The minimum atomic E-state index is -3.51. The van der Waals surface area contributed by atoms with E-state index in [0.29, 0.717) is 37.3 Å². The van der Waals surface area contributed by atoms with Crippen LogP contribution in [0.5, 0.6) is 0 Å². The highest BCUT2D eigenvalue weighted by atomic mass is 32.2. The molecule has 22 heavy (non-hydrogen) atoms. The van der Waals surface area contributed by atoms with Crippen molar-refractivity contribution < 1.29 is 8.42 Å². The third kappa shape index (κ3) is 2.95. The van der Waals surface area contributed by atoms with Gasteiger partial charge in [0, 0.05) is 45.6 Å². The van der Waals surface area contributed by atoms with Gasteiger partial charge in [-0.2, -0.15) is 5.10 Å². The van der Waals surface area contributed by atoms with E-state index >= 15 is 0 Å². The largest absolute Gasteiger partial charge is 0.297 e. The molecule has 0 aromatic carbocycles. The highest BCUT2D eigenvalue weighted by molar-refractivity contribution is 7.90. The fourth-order valence-corrected chi connectivity index (χ4v) is 3.10. The maximum Gasteiger partial charge on any atom is 0.256 e. The molecule has 0 bridgehead atoms. The zero-order valence-electron chi connectivity index (χ0n) is 12.4. The quantitative estimate of drug-likeness (QED) is 0.762. The Hall–Kier alpha value is -2.00. The van der Waals surface area contributed by atoms with Crippen molar-refractivity contribution in [3.63, 3.8) is 0 Å². The van der Waals surface area contributed by atoms with Crippen molar-refractivity contribution in [1.82, 2.24) is 24.6 Å². The van der Waals surface area contributed by atoms with Gasteiger partial charge in [-0.3, -0.25) is 19.4 Å². The lowest BCUT2D eigenvalue weighted by Crippen LogP contribution is -2.36. The number of hydrogen-bond acceptors (Lipinski definition) is 6. The van der Waals surface area contributed by atoms with Crippen LogP contribution in [0.2, 0.25) is 0 Å². The van der Waals surface area contributed by atoms with Gasteiger partial charge in [0.1, 0.15) is 0 Å². The first-order valence-electron chi connectivity index (χ1n) is 6.86. The van der Waals surface area contributed by atoms with Gasteiger partial charge in [-0.25, -0.2) is 13.4 Å². The van der Waals surface area contributed by atoms with E-state index in [1.807, 2.05) is 19.3 Å². The third-order valence-corrected chi connectivity index (χ3v) is 4.53. The van der Waals surface area contributed by atoms with E-state index in [0.717, 1.165) is 11.9 Å². The molecule has 0 saturated heterocycles.